The SMILES string of the molecule is Cc1n[nH]c(C)c1N(Cc1cccs1)C(=O)/C=C/c1ccc2c(c1)OCO2. The first kappa shape index (κ1) is 17.4. The highest BCUT2D eigenvalue weighted by Gasteiger charge is 2.21. The summed E-state index contributed by atoms with van der Waals surface area (Å²) in [5, 5.41) is 9.20. The van der Waals surface area contributed by atoms with E-state index in [0.717, 1.165) is 33.3 Å². The van der Waals surface area contributed by atoms with E-state index >= 15 is 0 Å². The number of nitrogens with one attached hydrogen (secondary N) is 1. The Morgan fingerprint density at radius 1 is 1.30 bits per heavy atom. The molecule has 0 bridgehead atoms. The number of thiophene rings is 1. The highest BCUT2D eigenvalue weighted by molar-refractivity contribution is 7.09. The second kappa shape index (κ2) is 7.28. The Labute approximate surface area is 161 Å². The monoisotopic (exact) mass is 381 g/mol. The third-order valence-corrected chi connectivity index (χ3v) is 5.20. The fourth-order valence-electron chi connectivity index (χ4n) is 3.04. The van der Waals surface area contributed by atoms with E-state index in [1.54, 1.807) is 28.4 Å². The number of aromatic nitrogens is 2. The zero-order chi connectivity index (χ0) is 18.8. The minimum Gasteiger partial charge on any atom is -0.454 e. The van der Waals surface area contributed by atoms with Crippen molar-refractivity contribution in [2.75, 3.05) is 11.7 Å². The number of ether oxygens (including phenoxy) is 2. The van der Waals surface area contributed by atoms with Gasteiger partial charge in [-0.1, -0.05) is 12.1 Å². The van der Waals surface area contributed by atoms with Crippen molar-refractivity contribution in [1.29, 1.82) is 0 Å². The third-order valence-electron chi connectivity index (χ3n) is 4.33. The molecule has 3 aromatic rings. The Kier molecular flexibility index (Phi) is 4.68. The van der Waals surface area contributed by atoms with Crippen LogP contribution >= 0.6 is 11.3 Å². The van der Waals surface area contributed by atoms with Gasteiger partial charge in [-0.05, 0) is 49.1 Å². The number of nitrogens with zero attached hydrogens (tertiary/aromatic N) is 2. The molecule has 1 aliphatic heterocycles. The fraction of sp³-hybridized carbons (Fsp3) is 0.200. The third kappa shape index (κ3) is 3.59. The molecule has 0 saturated carbocycles. The lowest BCUT2D eigenvalue weighted by molar-refractivity contribution is -0.114. The van der Waals surface area contributed by atoms with Crippen LogP contribution in [0.25, 0.3) is 6.08 Å². The van der Waals surface area contributed by atoms with E-state index in [1.807, 2.05) is 49.6 Å². The molecule has 0 unspecified atom stereocenters. The topological polar surface area (TPSA) is 67.5 Å². The van der Waals surface area contributed by atoms with E-state index < -0.39 is 0 Å². The highest BCUT2D eigenvalue weighted by atomic mass is 32.1. The summed E-state index contributed by atoms with van der Waals surface area (Å²) in [5.74, 6) is 1.32. The summed E-state index contributed by atoms with van der Waals surface area (Å²) in [6.45, 7) is 4.55. The van der Waals surface area contributed by atoms with Crippen molar-refractivity contribution in [3.8, 4) is 11.5 Å². The van der Waals surface area contributed by atoms with Gasteiger partial charge in [0.05, 0.1) is 23.6 Å². The van der Waals surface area contributed by atoms with Gasteiger partial charge in [-0.25, -0.2) is 0 Å². The van der Waals surface area contributed by atoms with Crippen molar-refractivity contribution < 1.29 is 14.3 Å². The van der Waals surface area contributed by atoms with Crippen molar-refractivity contribution in [3.05, 3.63) is 63.6 Å². The molecule has 27 heavy (non-hydrogen) atoms. The van der Waals surface area contributed by atoms with E-state index in [9.17, 15) is 4.79 Å². The lowest BCUT2D eigenvalue weighted by Gasteiger charge is -2.21. The number of H-pyrrole nitrogens is 1. The number of benzene rings is 1. The molecule has 7 heteroatoms. The molecule has 0 spiro atoms. The van der Waals surface area contributed by atoms with Crippen LogP contribution in [0.2, 0.25) is 0 Å². The minimum atomic E-state index is -0.103. The molecule has 2 aromatic heterocycles. The molecule has 1 N–H and O–H groups in total. The van der Waals surface area contributed by atoms with Crippen molar-refractivity contribution in [3.63, 3.8) is 0 Å². The summed E-state index contributed by atoms with van der Waals surface area (Å²) in [4.78, 5) is 15.9. The Balaban J connectivity index is 1.60. The van der Waals surface area contributed by atoms with Crippen LogP contribution in [0.15, 0.2) is 41.8 Å². The van der Waals surface area contributed by atoms with Gasteiger partial charge in [0.15, 0.2) is 11.5 Å². The summed E-state index contributed by atoms with van der Waals surface area (Å²) in [6.07, 6.45) is 3.37. The Morgan fingerprint density at radius 2 is 2.15 bits per heavy atom. The Morgan fingerprint density at radius 3 is 2.89 bits per heavy atom. The molecule has 3 heterocycles. The van der Waals surface area contributed by atoms with Crippen molar-refractivity contribution in [1.82, 2.24) is 10.2 Å². The molecule has 0 aliphatic carbocycles. The largest absolute Gasteiger partial charge is 0.454 e. The van der Waals surface area contributed by atoms with Crippen molar-refractivity contribution >= 4 is 29.0 Å². The maximum atomic E-state index is 13.0. The second-order valence-electron chi connectivity index (χ2n) is 6.23. The number of aryl methyl sites for hydroxylation is 2. The first-order valence-electron chi connectivity index (χ1n) is 8.55. The summed E-state index contributed by atoms with van der Waals surface area (Å²) < 4.78 is 10.7. The molecule has 138 valence electrons. The quantitative estimate of drug-likeness (QED) is 0.677. The maximum absolute atomic E-state index is 13.0. The van der Waals surface area contributed by atoms with Crippen LogP contribution in [0.5, 0.6) is 11.5 Å². The van der Waals surface area contributed by atoms with Crippen LogP contribution in [0.4, 0.5) is 5.69 Å². The van der Waals surface area contributed by atoms with Gasteiger partial charge in [-0.2, -0.15) is 5.10 Å². The zero-order valence-electron chi connectivity index (χ0n) is 15.1. The number of anilines is 1. The number of aromatic amines is 1. The van der Waals surface area contributed by atoms with Crippen LogP contribution in [0.1, 0.15) is 21.8 Å². The van der Waals surface area contributed by atoms with Gasteiger partial charge < -0.3 is 14.4 Å². The van der Waals surface area contributed by atoms with Crippen LogP contribution in [-0.4, -0.2) is 22.9 Å². The van der Waals surface area contributed by atoms with Gasteiger partial charge in [0.1, 0.15) is 0 Å². The van der Waals surface area contributed by atoms with Gasteiger partial charge >= 0.3 is 0 Å². The molecule has 1 amide bonds. The molecule has 0 saturated heterocycles. The number of rotatable bonds is 5. The predicted molar refractivity (Wildman–Crippen MR) is 105 cm³/mol. The summed E-state index contributed by atoms with van der Waals surface area (Å²) >= 11 is 1.63. The normalized spacial score (nSPS) is 12.7. The lowest BCUT2D eigenvalue weighted by Crippen LogP contribution is -2.29. The van der Waals surface area contributed by atoms with E-state index in [-0.39, 0.29) is 12.7 Å². The minimum absolute atomic E-state index is 0.103. The van der Waals surface area contributed by atoms with Crippen LogP contribution < -0.4 is 14.4 Å². The smallest absolute Gasteiger partial charge is 0.251 e. The van der Waals surface area contributed by atoms with Gasteiger partial charge in [-0.15, -0.1) is 11.3 Å². The van der Waals surface area contributed by atoms with Crippen molar-refractivity contribution in [2.24, 2.45) is 0 Å². The van der Waals surface area contributed by atoms with Crippen molar-refractivity contribution in [2.45, 2.75) is 20.4 Å². The van der Waals surface area contributed by atoms with E-state index in [2.05, 4.69) is 10.2 Å². The average Bonchev–Trinajstić information content (AvgIpc) is 3.40. The second-order valence-corrected chi connectivity index (χ2v) is 7.26. The van der Waals surface area contributed by atoms with Crippen LogP contribution in [-0.2, 0) is 11.3 Å². The first-order valence-corrected chi connectivity index (χ1v) is 9.43. The molecular formula is C20H19N3O3S. The summed E-state index contributed by atoms with van der Waals surface area (Å²) in [7, 11) is 0. The fourth-order valence-corrected chi connectivity index (χ4v) is 3.74. The number of amides is 1. The number of hydrogen-bond donors (Lipinski definition) is 1. The molecule has 6 nitrogen and oxygen atoms in total. The molecule has 1 aromatic carbocycles. The van der Waals surface area contributed by atoms with Gasteiger partial charge in [0, 0.05) is 11.0 Å². The number of fused-ring (bicyclic) bond motifs is 1. The Hall–Kier alpha value is -3.06. The summed E-state index contributed by atoms with van der Waals surface area (Å²) in [5.41, 5.74) is 3.37. The number of carbonyl (C=O) groups is 1. The zero-order valence-corrected chi connectivity index (χ0v) is 15.9. The van der Waals surface area contributed by atoms with E-state index in [0.29, 0.717) is 12.3 Å². The molecule has 0 fully saturated rings. The molecule has 4 rings (SSSR count). The number of hydrogen-bond acceptors (Lipinski definition) is 5. The lowest BCUT2D eigenvalue weighted by atomic mass is 10.2. The van der Waals surface area contributed by atoms with E-state index in [1.165, 1.54) is 0 Å². The van der Waals surface area contributed by atoms with Gasteiger partial charge in [0.25, 0.3) is 5.91 Å². The van der Waals surface area contributed by atoms with Crippen LogP contribution in [0, 0.1) is 13.8 Å². The molecular weight excluding hydrogens is 362 g/mol. The molecule has 0 radical (unpaired) electrons. The average molecular weight is 381 g/mol. The van der Waals surface area contributed by atoms with Crippen LogP contribution in [0.3, 0.4) is 0 Å². The first-order chi connectivity index (χ1) is 13.1. The van der Waals surface area contributed by atoms with E-state index in [4.69, 9.17) is 9.47 Å². The predicted octanol–water partition coefficient (Wildman–Crippen LogP) is 4.06. The van der Waals surface area contributed by atoms with Gasteiger partial charge in [-0.3, -0.25) is 9.89 Å². The number of carbonyl (C=O) groups excluding carboxylic acids is 1. The highest BCUT2D eigenvalue weighted by Crippen LogP contribution is 2.33. The molecule has 1 aliphatic rings. The molecule has 0 atom stereocenters. The van der Waals surface area contributed by atoms with Gasteiger partial charge in [0.2, 0.25) is 6.79 Å². The standard InChI is InChI=1S/C20H19N3O3S/c1-13-20(14(2)22-21-13)23(11-16-4-3-9-27-16)19(24)8-6-15-5-7-17-18(10-15)26-12-25-17/h3-10H,11-12H2,1-2H3,(H,21,22)/b8-6+. The maximum Gasteiger partial charge on any atom is 0.251 e. The summed E-state index contributed by atoms with van der Waals surface area (Å²) in [6, 6.07) is 9.62. The Bertz CT molecular complexity index is 973.